The van der Waals surface area contributed by atoms with Gasteiger partial charge in [-0.05, 0) is 12.0 Å². The van der Waals surface area contributed by atoms with Crippen LogP contribution in [0.15, 0.2) is 30.3 Å². The molecule has 1 atom stereocenters. The normalized spacial score (nSPS) is 16.2. The molecule has 1 heterocycles. The van der Waals surface area contributed by atoms with Crippen LogP contribution >= 0.6 is 12.6 Å². The van der Waals surface area contributed by atoms with E-state index in [0.717, 1.165) is 12.0 Å². The average Bonchev–Trinajstić information content (AvgIpc) is 2.55. The van der Waals surface area contributed by atoms with E-state index in [-0.39, 0.29) is 12.1 Å². The summed E-state index contributed by atoms with van der Waals surface area (Å²) >= 11 is 4.30. The van der Waals surface area contributed by atoms with Crippen LogP contribution in [-0.2, 0) is 6.42 Å². The first kappa shape index (κ1) is 16.5. The molecule has 0 aliphatic carbocycles. The van der Waals surface area contributed by atoms with Gasteiger partial charge in [-0.2, -0.15) is 12.6 Å². The monoisotopic (exact) mass is 322 g/mol. The van der Waals surface area contributed by atoms with Gasteiger partial charge < -0.3 is 25.0 Å². The Balaban J connectivity index is 1.83. The fourth-order valence-corrected chi connectivity index (χ4v) is 2.64. The summed E-state index contributed by atoms with van der Waals surface area (Å²) < 4.78 is 0. The molecule has 1 aromatic carbocycles. The first-order valence-electron chi connectivity index (χ1n) is 7.26. The van der Waals surface area contributed by atoms with Gasteiger partial charge in [0.2, 0.25) is 0 Å². The second-order valence-electron chi connectivity index (χ2n) is 5.26. The topological polar surface area (TPSA) is 75.7 Å². The maximum atomic E-state index is 12.2. The van der Waals surface area contributed by atoms with E-state index < -0.39 is 6.09 Å². The molecule has 1 aromatic rings. The summed E-state index contributed by atoms with van der Waals surface area (Å²) in [6.45, 7) is 1.34. The number of hydrogen-bond acceptors (Lipinski definition) is 4. The van der Waals surface area contributed by atoms with Gasteiger partial charge in [-0.15, -0.1) is 0 Å². The van der Waals surface area contributed by atoms with Crippen LogP contribution in [0.5, 0.6) is 0 Å². The lowest BCUT2D eigenvalue weighted by molar-refractivity contribution is -0.266. The molecule has 7 heteroatoms. The average molecular weight is 322 g/mol. The number of nitrogens with zero attached hydrogens (tertiary/aromatic N) is 2. The molecule has 0 bridgehead atoms. The maximum Gasteiger partial charge on any atom is 0.317 e. The van der Waals surface area contributed by atoms with E-state index in [1.165, 1.54) is 4.90 Å². The third-order valence-corrected chi connectivity index (χ3v) is 4.14. The molecular weight excluding hydrogens is 302 g/mol. The van der Waals surface area contributed by atoms with Crippen LogP contribution in [0, 0.1) is 0 Å². The van der Waals surface area contributed by atoms with Gasteiger partial charge in [0, 0.05) is 38.0 Å². The molecule has 2 rings (SSSR count). The molecule has 1 aliphatic heterocycles. The smallest absolute Gasteiger partial charge is 0.317 e. The van der Waals surface area contributed by atoms with E-state index in [1.807, 2.05) is 30.3 Å². The summed E-state index contributed by atoms with van der Waals surface area (Å²) in [6.07, 6.45) is -0.466. The molecule has 1 saturated heterocycles. The summed E-state index contributed by atoms with van der Waals surface area (Å²) in [5, 5.41) is 13.7. The second-order valence-corrected chi connectivity index (χ2v) is 5.62. The first-order valence-corrected chi connectivity index (χ1v) is 7.89. The van der Waals surface area contributed by atoms with Gasteiger partial charge >= 0.3 is 6.03 Å². The number of rotatable bonds is 4. The van der Waals surface area contributed by atoms with E-state index in [1.54, 1.807) is 4.90 Å². The van der Waals surface area contributed by atoms with E-state index in [2.05, 4.69) is 17.9 Å². The Hall–Kier alpha value is -1.89. The molecular formula is C15H20N3O3S-. The zero-order chi connectivity index (χ0) is 15.9. The Kier molecular flexibility index (Phi) is 5.94. The number of hydrogen-bond donors (Lipinski definition) is 2. The highest BCUT2D eigenvalue weighted by molar-refractivity contribution is 7.80. The molecule has 1 N–H and O–H groups in total. The highest BCUT2D eigenvalue weighted by Crippen LogP contribution is 2.06. The summed E-state index contributed by atoms with van der Waals surface area (Å²) in [5.41, 5.74) is 1.14. The Morgan fingerprint density at radius 2 is 1.73 bits per heavy atom. The third kappa shape index (κ3) is 4.56. The van der Waals surface area contributed by atoms with Crippen LogP contribution in [0.2, 0.25) is 0 Å². The largest absolute Gasteiger partial charge is 0.530 e. The van der Waals surface area contributed by atoms with E-state index in [9.17, 15) is 14.7 Å². The van der Waals surface area contributed by atoms with Crippen LogP contribution in [0.25, 0.3) is 0 Å². The zero-order valence-corrected chi connectivity index (χ0v) is 13.2. The predicted octanol–water partition coefficient (Wildman–Crippen LogP) is 0.198. The zero-order valence-electron chi connectivity index (χ0n) is 12.3. The Morgan fingerprint density at radius 3 is 2.27 bits per heavy atom. The lowest BCUT2D eigenvalue weighted by Gasteiger charge is -2.36. The molecule has 3 amide bonds. The Labute approximate surface area is 135 Å². The van der Waals surface area contributed by atoms with Crippen molar-refractivity contribution in [3.05, 3.63) is 35.9 Å². The summed E-state index contributed by atoms with van der Waals surface area (Å²) in [6, 6.07) is 9.68. The number of carbonyl (C=O) groups is 2. The number of piperazine rings is 1. The van der Waals surface area contributed by atoms with Gasteiger partial charge in [0.1, 0.15) is 6.09 Å². The van der Waals surface area contributed by atoms with Crippen molar-refractivity contribution in [1.82, 2.24) is 15.1 Å². The highest BCUT2D eigenvalue weighted by Gasteiger charge is 2.22. The fraction of sp³-hybridized carbons (Fsp3) is 0.467. The molecule has 22 heavy (non-hydrogen) atoms. The maximum absolute atomic E-state index is 12.2. The van der Waals surface area contributed by atoms with Crippen LogP contribution in [0.1, 0.15) is 5.56 Å². The third-order valence-electron chi connectivity index (χ3n) is 3.70. The van der Waals surface area contributed by atoms with Crippen molar-refractivity contribution in [2.24, 2.45) is 0 Å². The quantitative estimate of drug-likeness (QED) is 0.778. The van der Waals surface area contributed by atoms with Gasteiger partial charge in [0.15, 0.2) is 0 Å². The van der Waals surface area contributed by atoms with Crippen LogP contribution < -0.4 is 10.4 Å². The second kappa shape index (κ2) is 7.93. The number of carboxylic acid groups (broad SMARTS) is 1. The minimum absolute atomic E-state index is 0.0580. The molecule has 6 nitrogen and oxygen atoms in total. The number of carbonyl (C=O) groups excluding carboxylic acids is 2. The highest BCUT2D eigenvalue weighted by atomic mass is 32.1. The van der Waals surface area contributed by atoms with Gasteiger partial charge in [-0.25, -0.2) is 4.79 Å². The lowest BCUT2D eigenvalue weighted by Crippen LogP contribution is -2.57. The number of nitrogens with one attached hydrogen (secondary N) is 1. The van der Waals surface area contributed by atoms with Crippen LogP contribution in [0.4, 0.5) is 9.59 Å². The number of urea groups is 1. The fourth-order valence-electron chi connectivity index (χ4n) is 2.42. The molecule has 0 spiro atoms. The molecule has 1 unspecified atom stereocenters. The first-order chi connectivity index (χ1) is 10.6. The van der Waals surface area contributed by atoms with Crippen molar-refractivity contribution < 1.29 is 14.7 Å². The molecule has 120 valence electrons. The Morgan fingerprint density at radius 1 is 1.14 bits per heavy atom. The van der Waals surface area contributed by atoms with E-state index in [4.69, 9.17) is 0 Å². The summed E-state index contributed by atoms with van der Waals surface area (Å²) in [4.78, 5) is 25.8. The van der Waals surface area contributed by atoms with Gasteiger partial charge in [0.25, 0.3) is 0 Å². The predicted molar refractivity (Wildman–Crippen MR) is 84.9 cm³/mol. The van der Waals surface area contributed by atoms with Crippen molar-refractivity contribution in [2.75, 3.05) is 31.9 Å². The number of benzene rings is 1. The van der Waals surface area contributed by atoms with E-state index >= 15 is 0 Å². The molecule has 0 aromatic heterocycles. The number of thiol groups is 1. The standard InChI is InChI=1S/C15H21N3O3S/c19-14(17-6-8-18(9-7-17)15(20)21)16-13(11-22)10-12-4-2-1-3-5-12/h1-5,13,22H,6-11H2,(H,16,19)(H,20,21)/p-1. The minimum Gasteiger partial charge on any atom is -0.530 e. The number of amides is 3. The molecule has 0 saturated carbocycles. The molecule has 1 fully saturated rings. The van der Waals surface area contributed by atoms with Gasteiger partial charge in [-0.1, -0.05) is 30.3 Å². The summed E-state index contributed by atoms with van der Waals surface area (Å²) in [5.74, 6) is 0.541. The van der Waals surface area contributed by atoms with Gasteiger partial charge in [0.05, 0.1) is 0 Å². The van der Waals surface area contributed by atoms with Crippen molar-refractivity contribution in [1.29, 1.82) is 0 Å². The lowest BCUT2D eigenvalue weighted by atomic mass is 10.1. The minimum atomic E-state index is -1.18. The van der Waals surface area contributed by atoms with Crippen molar-refractivity contribution in [2.45, 2.75) is 12.5 Å². The van der Waals surface area contributed by atoms with E-state index in [0.29, 0.717) is 31.9 Å². The van der Waals surface area contributed by atoms with Crippen LogP contribution in [0.3, 0.4) is 0 Å². The summed E-state index contributed by atoms with van der Waals surface area (Å²) in [7, 11) is 0. The van der Waals surface area contributed by atoms with Crippen molar-refractivity contribution in [3.63, 3.8) is 0 Å². The van der Waals surface area contributed by atoms with Crippen LogP contribution in [-0.4, -0.2) is 59.9 Å². The van der Waals surface area contributed by atoms with Crippen molar-refractivity contribution in [3.8, 4) is 0 Å². The van der Waals surface area contributed by atoms with Crippen molar-refractivity contribution >= 4 is 24.8 Å². The Bertz CT molecular complexity index is 504. The van der Waals surface area contributed by atoms with Gasteiger partial charge in [-0.3, -0.25) is 0 Å². The SMILES string of the molecule is O=C([O-])N1CCN(C(=O)NC(CS)Cc2ccccc2)CC1. The molecule has 0 radical (unpaired) electrons. The molecule has 1 aliphatic rings.